The van der Waals surface area contributed by atoms with Crippen molar-refractivity contribution in [1.82, 2.24) is 0 Å². The molecule has 0 radical (unpaired) electrons. The predicted molar refractivity (Wildman–Crippen MR) is 58.4 cm³/mol. The number of Topliss-reactive ketones (excluding diaryl/α,β-unsaturated/α-hetero) is 1. The van der Waals surface area contributed by atoms with Crippen molar-refractivity contribution in [2.24, 2.45) is 0 Å². The molecule has 0 fully saturated rings. The standard InChI is InChI=1S/C12H13NO/c1-3-4-9-13-12-7-5-11(6-8-12)10(2)14/h1,5-8,13H,4,9H2,2H3. The van der Waals surface area contributed by atoms with Crippen LogP contribution in [-0.4, -0.2) is 12.3 Å². The van der Waals surface area contributed by atoms with Gasteiger partial charge >= 0.3 is 0 Å². The lowest BCUT2D eigenvalue weighted by Gasteiger charge is -2.04. The zero-order chi connectivity index (χ0) is 10.4. The Morgan fingerprint density at radius 3 is 2.57 bits per heavy atom. The number of ketones is 1. The normalized spacial score (nSPS) is 9.14. The SMILES string of the molecule is C#CCCNc1ccc(C(C)=O)cc1. The van der Waals surface area contributed by atoms with Crippen molar-refractivity contribution in [1.29, 1.82) is 0 Å². The van der Waals surface area contributed by atoms with Crippen molar-refractivity contribution in [2.45, 2.75) is 13.3 Å². The average molecular weight is 187 g/mol. The van der Waals surface area contributed by atoms with Crippen LogP contribution >= 0.6 is 0 Å². The molecule has 2 heteroatoms. The zero-order valence-electron chi connectivity index (χ0n) is 8.21. The maximum Gasteiger partial charge on any atom is 0.159 e. The lowest BCUT2D eigenvalue weighted by molar-refractivity contribution is 0.101. The van der Waals surface area contributed by atoms with Gasteiger partial charge in [0.05, 0.1) is 0 Å². The fraction of sp³-hybridized carbons (Fsp3) is 0.250. The summed E-state index contributed by atoms with van der Waals surface area (Å²) in [6.45, 7) is 2.32. The molecule has 0 saturated heterocycles. The molecule has 0 aliphatic carbocycles. The van der Waals surface area contributed by atoms with E-state index in [2.05, 4.69) is 11.2 Å². The first-order valence-electron chi connectivity index (χ1n) is 4.52. The van der Waals surface area contributed by atoms with Gasteiger partial charge in [-0.25, -0.2) is 0 Å². The molecule has 1 aromatic carbocycles. The molecule has 1 aromatic rings. The first kappa shape index (κ1) is 10.3. The fourth-order valence-corrected chi connectivity index (χ4v) is 1.10. The van der Waals surface area contributed by atoms with E-state index in [9.17, 15) is 4.79 Å². The topological polar surface area (TPSA) is 29.1 Å². The van der Waals surface area contributed by atoms with Gasteiger partial charge in [0.15, 0.2) is 5.78 Å². The van der Waals surface area contributed by atoms with Crippen LogP contribution in [0.5, 0.6) is 0 Å². The van der Waals surface area contributed by atoms with Crippen molar-refractivity contribution >= 4 is 11.5 Å². The molecule has 0 atom stereocenters. The number of hydrogen-bond donors (Lipinski definition) is 1. The summed E-state index contributed by atoms with van der Waals surface area (Å²) in [5.74, 6) is 2.63. The van der Waals surface area contributed by atoms with Crippen LogP contribution in [0.15, 0.2) is 24.3 Å². The number of nitrogens with one attached hydrogen (secondary N) is 1. The third kappa shape index (κ3) is 2.95. The van der Waals surface area contributed by atoms with E-state index in [4.69, 9.17) is 6.42 Å². The average Bonchev–Trinajstić information content (AvgIpc) is 2.19. The van der Waals surface area contributed by atoms with Crippen LogP contribution in [0.25, 0.3) is 0 Å². The van der Waals surface area contributed by atoms with Gasteiger partial charge in [-0.3, -0.25) is 4.79 Å². The van der Waals surface area contributed by atoms with Crippen LogP contribution in [0.1, 0.15) is 23.7 Å². The number of terminal acetylenes is 1. The number of carbonyl (C=O) groups excluding carboxylic acids is 1. The Morgan fingerprint density at radius 1 is 1.43 bits per heavy atom. The summed E-state index contributed by atoms with van der Waals surface area (Å²) in [6, 6.07) is 7.38. The van der Waals surface area contributed by atoms with Crippen LogP contribution in [0.3, 0.4) is 0 Å². The lowest BCUT2D eigenvalue weighted by Crippen LogP contribution is -2.00. The highest BCUT2D eigenvalue weighted by atomic mass is 16.1. The highest BCUT2D eigenvalue weighted by Gasteiger charge is 1.97. The highest BCUT2D eigenvalue weighted by molar-refractivity contribution is 5.94. The number of rotatable bonds is 4. The Balaban J connectivity index is 2.56. The van der Waals surface area contributed by atoms with Gasteiger partial charge in [-0.15, -0.1) is 12.3 Å². The molecule has 0 heterocycles. The van der Waals surface area contributed by atoms with E-state index in [1.54, 1.807) is 19.1 Å². The third-order valence-corrected chi connectivity index (χ3v) is 1.89. The summed E-state index contributed by atoms with van der Waals surface area (Å²) in [4.78, 5) is 11.0. The van der Waals surface area contributed by atoms with Gasteiger partial charge < -0.3 is 5.32 Å². The Kier molecular flexibility index (Phi) is 3.75. The second-order valence-electron chi connectivity index (χ2n) is 3.01. The second kappa shape index (κ2) is 5.08. The minimum atomic E-state index is 0.0835. The fourth-order valence-electron chi connectivity index (χ4n) is 1.10. The molecule has 0 aliphatic rings. The van der Waals surface area contributed by atoms with Gasteiger partial charge in [0.2, 0.25) is 0 Å². The molecule has 0 unspecified atom stereocenters. The number of carbonyl (C=O) groups is 1. The maximum atomic E-state index is 11.0. The molecule has 0 amide bonds. The summed E-state index contributed by atoms with van der Waals surface area (Å²) in [7, 11) is 0. The number of benzene rings is 1. The number of hydrogen-bond acceptors (Lipinski definition) is 2. The molecular formula is C12H13NO. The summed E-state index contributed by atoms with van der Waals surface area (Å²) in [5.41, 5.74) is 1.72. The molecule has 0 aromatic heterocycles. The summed E-state index contributed by atoms with van der Waals surface area (Å²) in [5, 5.41) is 3.16. The molecule has 72 valence electrons. The Morgan fingerprint density at radius 2 is 2.07 bits per heavy atom. The van der Waals surface area contributed by atoms with Crippen molar-refractivity contribution in [3.63, 3.8) is 0 Å². The summed E-state index contributed by atoms with van der Waals surface area (Å²) >= 11 is 0. The highest BCUT2D eigenvalue weighted by Crippen LogP contribution is 2.09. The molecule has 0 aliphatic heterocycles. The van der Waals surface area contributed by atoms with E-state index >= 15 is 0 Å². The molecular weight excluding hydrogens is 174 g/mol. The van der Waals surface area contributed by atoms with Crippen LogP contribution in [0.2, 0.25) is 0 Å². The minimum Gasteiger partial charge on any atom is -0.384 e. The largest absolute Gasteiger partial charge is 0.384 e. The molecule has 14 heavy (non-hydrogen) atoms. The van der Waals surface area contributed by atoms with Gasteiger partial charge in [-0.1, -0.05) is 0 Å². The van der Waals surface area contributed by atoms with Crippen molar-refractivity contribution in [3.05, 3.63) is 29.8 Å². The molecule has 0 bridgehead atoms. The smallest absolute Gasteiger partial charge is 0.159 e. The minimum absolute atomic E-state index is 0.0835. The quantitative estimate of drug-likeness (QED) is 0.445. The van der Waals surface area contributed by atoms with Gasteiger partial charge in [0.25, 0.3) is 0 Å². The van der Waals surface area contributed by atoms with E-state index in [-0.39, 0.29) is 5.78 Å². The van der Waals surface area contributed by atoms with Crippen LogP contribution in [0, 0.1) is 12.3 Å². The third-order valence-electron chi connectivity index (χ3n) is 1.89. The van der Waals surface area contributed by atoms with Crippen molar-refractivity contribution < 1.29 is 4.79 Å². The molecule has 1 rings (SSSR count). The molecule has 0 saturated carbocycles. The first-order chi connectivity index (χ1) is 6.74. The van der Waals surface area contributed by atoms with E-state index in [1.807, 2.05) is 12.1 Å². The molecule has 2 nitrogen and oxygen atoms in total. The van der Waals surface area contributed by atoms with Gasteiger partial charge in [-0.2, -0.15) is 0 Å². The van der Waals surface area contributed by atoms with Crippen LogP contribution in [-0.2, 0) is 0 Å². The first-order valence-corrected chi connectivity index (χ1v) is 4.52. The van der Waals surface area contributed by atoms with Gasteiger partial charge in [0, 0.05) is 24.2 Å². The Bertz CT molecular complexity index is 346. The molecule has 0 spiro atoms. The van der Waals surface area contributed by atoms with Crippen LogP contribution in [0.4, 0.5) is 5.69 Å². The second-order valence-corrected chi connectivity index (χ2v) is 3.01. The van der Waals surface area contributed by atoms with Gasteiger partial charge in [-0.05, 0) is 31.2 Å². The zero-order valence-corrected chi connectivity index (χ0v) is 8.21. The van der Waals surface area contributed by atoms with Gasteiger partial charge in [0.1, 0.15) is 0 Å². The lowest BCUT2D eigenvalue weighted by atomic mass is 10.1. The van der Waals surface area contributed by atoms with Crippen molar-refractivity contribution in [3.8, 4) is 12.3 Å². The van der Waals surface area contributed by atoms with Crippen molar-refractivity contribution in [2.75, 3.05) is 11.9 Å². The monoisotopic (exact) mass is 187 g/mol. The van der Waals surface area contributed by atoms with E-state index in [1.165, 1.54) is 0 Å². The maximum absolute atomic E-state index is 11.0. The predicted octanol–water partition coefficient (Wildman–Crippen LogP) is 2.32. The van der Waals surface area contributed by atoms with Crippen LogP contribution < -0.4 is 5.32 Å². The number of anilines is 1. The van der Waals surface area contributed by atoms with E-state index < -0.39 is 0 Å². The van der Waals surface area contributed by atoms with E-state index in [0.717, 1.165) is 17.8 Å². The molecule has 1 N–H and O–H groups in total. The summed E-state index contributed by atoms with van der Waals surface area (Å²) in [6.07, 6.45) is 5.82. The Labute approximate surface area is 84.3 Å². The Hall–Kier alpha value is -1.75. The summed E-state index contributed by atoms with van der Waals surface area (Å²) < 4.78 is 0. The van der Waals surface area contributed by atoms with E-state index in [0.29, 0.717) is 6.42 Å².